The molecule has 0 atom stereocenters. The summed E-state index contributed by atoms with van der Waals surface area (Å²) in [6.07, 6.45) is 0. The van der Waals surface area contributed by atoms with Gasteiger partial charge in [0.05, 0.1) is 0 Å². The lowest BCUT2D eigenvalue weighted by Crippen LogP contribution is -2.30. The van der Waals surface area contributed by atoms with E-state index in [1.165, 1.54) is 30.3 Å². The highest BCUT2D eigenvalue weighted by Crippen LogP contribution is 2.21. The van der Waals surface area contributed by atoms with Gasteiger partial charge in [-0.15, -0.1) is 0 Å². The highest BCUT2D eigenvalue weighted by Gasteiger charge is 2.14. The minimum Gasteiger partial charge on any atom is -0.457 e. The molecule has 0 aliphatic carbocycles. The second-order valence-corrected chi connectivity index (χ2v) is 3.65. The highest BCUT2D eigenvalue weighted by atomic mass is 19.1. The third-order valence-corrected chi connectivity index (χ3v) is 2.24. The molecule has 0 unspecified atom stereocenters. The number of halogens is 2. The van der Waals surface area contributed by atoms with Crippen molar-refractivity contribution in [1.29, 1.82) is 0 Å². The van der Waals surface area contributed by atoms with Gasteiger partial charge < -0.3 is 14.8 Å². The van der Waals surface area contributed by atoms with Crippen LogP contribution in [0.5, 0.6) is 11.5 Å². The molecule has 2 aromatic carbocycles. The van der Waals surface area contributed by atoms with Gasteiger partial charge in [-0.05, 0) is 41.9 Å². The first-order valence-electron chi connectivity index (χ1n) is 5.14. The van der Waals surface area contributed by atoms with Gasteiger partial charge in [0.25, 0.3) is 0 Å². The standard InChI is InChI=1S/C12H9BF2O3/c14-9-1-3-11(4-2-9)18-12-6-8(13(16)17)5-10(15)7-12/h1-7,16-17H. The van der Waals surface area contributed by atoms with E-state index >= 15 is 0 Å². The SMILES string of the molecule is OB(O)c1cc(F)cc(Oc2ccc(F)cc2)c1. The van der Waals surface area contributed by atoms with Crippen molar-refractivity contribution in [2.75, 3.05) is 0 Å². The number of rotatable bonds is 3. The zero-order valence-corrected chi connectivity index (χ0v) is 9.18. The summed E-state index contributed by atoms with van der Waals surface area (Å²) >= 11 is 0. The quantitative estimate of drug-likeness (QED) is 0.810. The molecule has 18 heavy (non-hydrogen) atoms. The molecule has 0 aromatic heterocycles. The summed E-state index contributed by atoms with van der Waals surface area (Å²) in [4.78, 5) is 0. The molecule has 92 valence electrons. The van der Waals surface area contributed by atoms with Crippen LogP contribution in [0.15, 0.2) is 42.5 Å². The van der Waals surface area contributed by atoms with Crippen LogP contribution in [0.25, 0.3) is 0 Å². The second-order valence-electron chi connectivity index (χ2n) is 3.65. The Morgan fingerprint density at radius 1 is 0.833 bits per heavy atom. The third-order valence-electron chi connectivity index (χ3n) is 2.24. The predicted molar refractivity (Wildman–Crippen MR) is 62.7 cm³/mol. The topological polar surface area (TPSA) is 49.7 Å². The van der Waals surface area contributed by atoms with Crippen LogP contribution in [-0.4, -0.2) is 17.2 Å². The van der Waals surface area contributed by atoms with Crippen LogP contribution in [0.1, 0.15) is 0 Å². The molecular weight excluding hydrogens is 241 g/mol. The monoisotopic (exact) mass is 250 g/mol. The fraction of sp³-hybridized carbons (Fsp3) is 0. The van der Waals surface area contributed by atoms with Crippen LogP contribution in [0.3, 0.4) is 0 Å². The van der Waals surface area contributed by atoms with Gasteiger partial charge in [0.2, 0.25) is 0 Å². The molecule has 2 rings (SSSR count). The van der Waals surface area contributed by atoms with Crippen molar-refractivity contribution in [3.63, 3.8) is 0 Å². The third kappa shape index (κ3) is 3.06. The molecule has 3 nitrogen and oxygen atoms in total. The van der Waals surface area contributed by atoms with Crippen LogP contribution in [0, 0.1) is 11.6 Å². The maximum atomic E-state index is 13.2. The van der Waals surface area contributed by atoms with E-state index < -0.39 is 18.8 Å². The van der Waals surface area contributed by atoms with Gasteiger partial charge >= 0.3 is 7.12 Å². The number of hydrogen-bond acceptors (Lipinski definition) is 3. The minimum absolute atomic E-state index is 0.0212. The molecule has 6 heteroatoms. The van der Waals surface area contributed by atoms with Crippen molar-refractivity contribution < 1.29 is 23.6 Å². The van der Waals surface area contributed by atoms with E-state index in [1.54, 1.807) is 0 Å². The summed E-state index contributed by atoms with van der Waals surface area (Å²) in [6.45, 7) is 0. The number of ether oxygens (including phenoxy) is 1. The molecule has 0 amide bonds. The Balaban J connectivity index is 2.26. The normalized spacial score (nSPS) is 10.2. The van der Waals surface area contributed by atoms with Gasteiger partial charge in [0.1, 0.15) is 23.1 Å². The Hall–Kier alpha value is -1.92. The molecule has 2 aromatic rings. The van der Waals surface area contributed by atoms with Crippen molar-refractivity contribution in [1.82, 2.24) is 0 Å². The summed E-state index contributed by atoms with van der Waals surface area (Å²) in [5, 5.41) is 17.9. The van der Waals surface area contributed by atoms with Crippen LogP contribution >= 0.6 is 0 Å². The predicted octanol–water partition coefficient (Wildman–Crippen LogP) is 1.44. The molecule has 0 spiro atoms. The lowest BCUT2D eigenvalue weighted by atomic mass is 9.80. The van der Waals surface area contributed by atoms with Gasteiger partial charge in [0.15, 0.2) is 0 Å². The van der Waals surface area contributed by atoms with E-state index in [1.807, 2.05) is 0 Å². The Kier molecular flexibility index (Phi) is 3.59. The van der Waals surface area contributed by atoms with Crippen molar-refractivity contribution in [2.45, 2.75) is 0 Å². The van der Waals surface area contributed by atoms with Gasteiger partial charge in [-0.25, -0.2) is 8.78 Å². The van der Waals surface area contributed by atoms with Gasteiger partial charge in [-0.3, -0.25) is 0 Å². The number of benzene rings is 2. The maximum Gasteiger partial charge on any atom is 0.488 e. The number of hydrogen-bond donors (Lipinski definition) is 2. The van der Waals surface area contributed by atoms with E-state index in [0.29, 0.717) is 5.75 Å². The Morgan fingerprint density at radius 2 is 1.50 bits per heavy atom. The van der Waals surface area contributed by atoms with Crippen LogP contribution < -0.4 is 10.2 Å². The molecule has 0 saturated carbocycles. The lowest BCUT2D eigenvalue weighted by molar-refractivity contribution is 0.424. The first-order chi connectivity index (χ1) is 8.54. The van der Waals surface area contributed by atoms with Crippen molar-refractivity contribution in [3.05, 3.63) is 54.1 Å². The zero-order chi connectivity index (χ0) is 13.1. The summed E-state index contributed by atoms with van der Waals surface area (Å²) in [5.41, 5.74) is -0.0212. The van der Waals surface area contributed by atoms with Gasteiger partial charge in [0, 0.05) is 6.07 Å². The summed E-state index contributed by atoms with van der Waals surface area (Å²) in [6, 6.07) is 8.55. The smallest absolute Gasteiger partial charge is 0.457 e. The molecule has 0 radical (unpaired) electrons. The van der Waals surface area contributed by atoms with E-state index in [-0.39, 0.29) is 11.2 Å². The first-order valence-corrected chi connectivity index (χ1v) is 5.14. The van der Waals surface area contributed by atoms with Crippen LogP contribution in [0.2, 0.25) is 0 Å². The largest absolute Gasteiger partial charge is 0.488 e. The van der Waals surface area contributed by atoms with Crippen molar-refractivity contribution in [3.8, 4) is 11.5 Å². The van der Waals surface area contributed by atoms with Crippen LogP contribution in [-0.2, 0) is 0 Å². The molecule has 0 heterocycles. The lowest BCUT2D eigenvalue weighted by Gasteiger charge is -2.08. The maximum absolute atomic E-state index is 13.2. The van der Waals surface area contributed by atoms with Crippen LogP contribution in [0.4, 0.5) is 8.78 Å². The summed E-state index contributed by atoms with van der Waals surface area (Å²) < 4.78 is 31.1. The van der Waals surface area contributed by atoms with E-state index in [0.717, 1.165) is 12.1 Å². The van der Waals surface area contributed by atoms with E-state index in [2.05, 4.69) is 0 Å². The molecular formula is C12H9BF2O3. The summed E-state index contributed by atoms with van der Waals surface area (Å²) in [7, 11) is -1.78. The molecule has 0 fully saturated rings. The average Bonchev–Trinajstić information content (AvgIpc) is 2.31. The molecule has 0 aliphatic heterocycles. The minimum atomic E-state index is -1.78. The van der Waals surface area contributed by atoms with E-state index in [9.17, 15) is 8.78 Å². The Labute approximate surface area is 102 Å². The average molecular weight is 250 g/mol. The highest BCUT2D eigenvalue weighted by molar-refractivity contribution is 6.58. The fourth-order valence-electron chi connectivity index (χ4n) is 1.43. The molecule has 2 N–H and O–H groups in total. The Bertz CT molecular complexity index is 544. The second kappa shape index (κ2) is 5.16. The van der Waals surface area contributed by atoms with Gasteiger partial charge in [-0.2, -0.15) is 0 Å². The fourth-order valence-corrected chi connectivity index (χ4v) is 1.43. The van der Waals surface area contributed by atoms with Crippen molar-refractivity contribution >= 4 is 12.6 Å². The molecule has 0 bridgehead atoms. The zero-order valence-electron chi connectivity index (χ0n) is 9.18. The van der Waals surface area contributed by atoms with Gasteiger partial charge in [-0.1, -0.05) is 0 Å². The first kappa shape index (κ1) is 12.5. The Morgan fingerprint density at radius 3 is 2.11 bits per heavy atom. The van der Waals surface area contributed by atoms with Crippen molar-refractivity contribution in [2.24, 2.45) is 0 Å². The van der Waals surface area contributed by atoms with E-state index in [4.69, 9.17) is 14.8 Å². The molecule has 0 saturated heterocycles. The molecule has 0 aliphatic rings. The summed E-state index contributed by atoms with van der Waals surface area (Å²) in [5.74, 6) is -0.643.